The van der Waals surface area contributed by atoms with Crippen LogP contribution >= 0.6 is 11.6 Å². The highest BCUT2D eigenvalue weighted by atomic mass is 35.5. The fourth-order valence-electron chi connectivity index (χ4n) is 3.34. The highest BCUT2D eigenvalue weighted by Crippen LogP contribution is 2.40. The smallest absolute Gasteiger partial charge is 0.373 e. The second-order valence-corrected chi connectivity index (χ2v) is 6.86. The molecule has 148 valence electrons. The van der Waals surface area contributed by atoms with Crippen LogP contribution in [0.5, 0.6) is 0 Å². The average molecular weight is 419 g/mol. The molecule has 1 aliphatic heterocycles. The highest BCUT2D eigenvalue weighted by Gasteiger charge is 2.37. The van der Waals surface area contributed by atoms with Crippen LogP contribution in [0.2, 0.25) is 5.02 Å². The zero-order chi connectivity index (χ0) is 20.4. The summed E-state index contributed by atoms with van der Waals surface area (Å²) in [5, 5.41) is 16.1. The molecule has 3 heterocycles. The van der Waals surface area contributed by atoms with Crippen LogP contribution in [0.3, 0.4) is 0 Å². The first-order valence-electron chi connectivity index (χ1n) is 8.09. The summed E-state index contributed by atoms with van der Waals surface area (Å²) in [5.41, 5.74) is 0.386. The minimum Gasteiger partial charge on any atom is -0.373 e. The molecule has 0 fully saturated rings. The minimum atomic E-state index is -4.83. The van der Waals surface area contributed by atoms with Gasteiger partial charge in [0.15, 0.2) is 5.65 Å². The van der Waals surface area contributed by atoms with E-state index in [1.807, 2.05) is 0 Å². The number of aromatic nitrogens is 3. The molecule has 1 aromatic carbocycles. The molecule has 0 bridgehead atoms. The van der Waals surface area contributed by atoms with Crippen LogP contribution in [0, 0.1) is 6.92 Å². The van der Waals surface area contributed by atoms with Gasteiger partial charge in [0.2, 0.25) is 0 Å². The molecule has 5 nitrogen and oxygen atoms in total. The third kappa shape index (κ3) is 2.96. The second-order valence-electron chi connectivity index (χ2n) is 6.46. The van der Waals surface area contributed by atoms with E-state index in [9.17, 15) is 27.1 Å². The average Bonchev–Trinajstić information content (AvgIpc) is 3.18. The fraction of sp³-hybridized carbons (Fsp3) is 0.294. The zero-order valence-corrected chi connectivity index (χ0v) is 14.9. The molecule has 0 saturated heterocycles. The number of rotatable bonds is 2. The van der Waals surface area contributed by atoms with E-state index >= 15 is 0 Å². The van der Waals surface area contributed by atoms with Gasteiger partial charge in [0.05, 0.1) is 16.4 Å². The van der Waals surface area contributed by atoms with E-state index in [-0.39, 0.29) is 33.9 Å². The number of fused-ring (bicyclic) bond motifs is 2. The van der Waals surface area contributed by atoms with Crippen molar-refractivity contribution < 1.29 is 27.1 Å². The number of halogens is 6. The predicted octanol–water partition coefficient (Wildman–Crippen LogP) is 4.60. The van der Waals surface area contributed by atoms with Gasteiger partial charge in [0.1, 0.15) is 6.23 Å². The van der Waals surface area contributed by atoms with Crippen LogP contribution in [-0.2, 0) is 12.6 Å². The van der Waals surface area contributed by atoms with Gasteiger partial charge in [0.25, 0.3) is 12.2 Å². The Morgan fingerprint density at radius 1 is 1.29 bits per heavy atom. The first kappa shape index (κ1) is 18.9. The van der Waals surface area contributed by atoms with Gasteiger partial charge in [-0.15, -0.1) is 5.10 Å². The van der Waals surface area contributed by atoms with Gasteiger partial charge in [0, 0.05) is 17.5 Å². The molecule has 1 aliphatic rings. The number of benzene rings is 1. The molecule has 28 heavy (non-hydrogen) atoms. The molecule has 0 radical (unpaired) electrons. The number of alkyl halides is 5. The molecular formula is C17H12ClF5N4O. The highest BCUT2D eigenvalue weighted by molar-refractivity contribution is 6.33. The molecule has 1 unspecified atom stereocenters. The van der Waals surface area contributed by atoms with Crippen molar-refractivity contribution in [1.29, 1.82) is 0 Å². The van der Waals surface area contributed by atoms with Gasteiger partial charge in [-0.25, -0.2) is 18.3 Å². The van der Waals surface area contributed by atoms with E-state index in [1.54, 1.807) is 0 Å². The summed E-state index contributed by atoms with van der Waals surface area (Å²) in [6.45, 7) is 1.38. The molecule has 4 rings (SSSR count). The lowest BCUT2D eigenvalue weighted by Gasteiger charge is -2.14. The Kier molecular flexibility index (Phi) is 4.23. The van der Waals surface area contributed by atoms with Crippen LogP contribution in [0.1, 0.15) is 28.9 Å². The molecule has 0 amide bonds. The number of aryl methyl sites for hydroxylation is 1. The lowest BCUT2D eigenvalue weighted by molar-refractivity contribution is -0.144. The van der Waals surface area contributed by atoms with Gasteiger partial charge in [-0.2, -0.15) is 13.2 Å². The molecule has 0 saturated carbocycles. The van der Waals surface area contributed by atoms with Crippen molar-refractivity contribution in [1.82, 2.24) is 14.6 Å². The number of aliphatic hydroxyl groups is 1. The van der Waals surface area contributed by atoms with E-state index in [0.717, 1.165) is 10.6 Å². The summed E-state index contributed by atoms with van der Waals surface area (Å²) < 4.78 is 67.5. The standard InChI is InChI=1S/C17H12ClF5N4O/c1-6-2-9(14(19)20)13(27-15(6)25-16(26-27)17(21,22)23)8-3-7-5-11(28)24-12(7)10(18)4-8/h2-4,11,14,24,28H,5H2,1H3. The lowest BCUT2D eigenvalue weighted by Crippen LogP contribution is -2.12. The fourth-order valence-corrected chi connectivity index (χ4v) is 3.63. The van der Waals surface area contributed by atoms with Crippen molar-refractivity contribution in [3.05, 3.63) is 45.7 Å². The Labute approximate surface area is 159 Å². The van der Waals surface area contributed by atoms with Crippen molar-refractivity contribution in [3.8, 4) is 11.3 Å². The molecule has 1 atom stereocenters. The molecular weight excluding hydrogens is 407 g/mol. The van der Waals surface area contributed by atoms with E-state index in [2.05, 4.69) is 15.4 Å². The molecule has 2 aromatic heterocycles. The maximum atomic E-state index is 13.7. The van der Waals surface area contributed by atoms with Crippen LogP contribution in [0.15, 0.2) is 18.2 Å². The monoisotopic (exact) mass is 418 g/mol. The number of nitrogens with one attached hydrogen (secondary N) is 1. The summed E-state index contributed by atoms with van der Waals surface area (Å²) in [7, 11) is 0. The van der Waals surface area contributed by atoms with Crippen LogP contribution in [-0.4, -0.2) is 25.9 Å². The van der Waals surface area contributed by atoms with E-state index in [0.29, 0.717) is 11.3 Å². The van der Waals surface area contributed by atoms with Gasteiger partial charge in [-0.1, -0.05) is 11.6 Å². The van der Waals surface area contributed by atoms with Crippen LogP contribution < -0.4 is 5.32 Å². The predicted molar refractivity (Wildman–Crippen MR) is 91.5 cm³/mol. The summed E-state index contributed by atoms with van der Waals surface area (Å²) in [4.78, 5) is 3.47. The van der Waals surface area contributed by atoms with Gasteiger partial charge in [-0.05, 0) is 36.2 Å². The van der Waals surface area contributed by atoms with E-state index in [1.165, 1.54) is 19.1 Å². The molecule has 11 heteroatoms. The maximum Gasteiger partial charge on any atom is 0.453 e. The van der Waals surface area contributed by atoms with Crippen LogP contribution in [0.4, 0.5) is 27.6 Å². The summed E-state index contributed by atoms with van der Waals surface area (Å²) in [6, 6.07) is 3.93. The van der Waals surface area contributed by atoms with E-state index < -0.39 is 30.2 Å². The van der Waals surface area contributed by atoms with Crippen molar-refractivity contribution in [2.75, 3.05) is 5.32 Å². The van der Waals surface area contributed by atoms with Crippen LogP contribution in [0.25, 0.3) is 16.9 Å². The largest absolute Gasteiger partial charge is 0.453 e. The topological polar surface area (TPSA) is 62.5 Å². The summed E-state index contributed by atoms with van der Waals surface area (Å²) in [6.07, 6.45) is -8.51. The molecule has 2 N–H and O–H groups in total. The lowest BCUT2D eigenvalue weighted by atomic mass is 10.0. The first-order chi connectivity index (χ1) is 13.1. The normalized spacial score (nSPS) is 16.7. The number of hydrogen-bond donors (Lipinski definition) is 2. The molecule has 0 aliphatic carbocycles. The summed E-state index contributed by atoms with van der Waals surface area (Å²) in [5.74, 6) is -1.42. The Balaban J connectivity index is 2.04. The van der Waals surface area contributed by atoms with Gasteiger partial charge < -0.3 is 10.4 Å². The zero-order valence-electron chi connectivity index (χ0n) is 14.2. The Morgan fingerprint density at radius 3 is 2.64 bits per heavy atom. The summed E-state index contributed by atoms with van der Waals surface area (Å²) >= 11 is 6.20. The quantitative estimate of drug-likeness (QED) is 0.597. The molecule has 3 aromatic rings. The number of aliphatic hydroxyl groups excluding tert-OH is 1. The first-order valence-corrected chi connectivity index (χ1v) is 8.47. The Morgan fingerprint density at radius 2 is 2.00 bits per heavy atom. The maximum absolute atomic E-state index is 13.7. The number of pyridine rings is 1. The number of nitrogens with zero attached hydrogens (tertiary/aromatic N) is 3. The van der Waals surface area contributed by atoms with E-state index in [4.69, 9.17) is 11.6 Å². The van der Waals surface area contributed by atoms with Gasteiger partial charge in [-0.3, -0.25) is 0 Å². The number of hydrogen-bond acceptors (Lipinski definition) is 4. The van der Waals surface area contributed by atoms with Crippen molar-refractivity contribution >= 4 is 22.9 Å². The minimum absolute atomic E-state index is 0.131. The Hall–Kier alpha value is -2.46. The third-order valence-corrected chi connectivity index (χ3v) is 4.77. The third-order valence-electron chi connectivity index (χ3n) is 4.48. The van der Waals surface area contributed by atoms with Gasteiger partial charge >= 0.3 is 6.18 Å². The molecule has 0 spiro atoms. The van der Waals surface area contributed by atoms with Crippen molar-refractivity contribution in [2.24, 2.45) is 0 Å². The SMILES string of the molecule is Cc1cc(C(F)F)c(-c2cc(Cl)c3c(c2)CC(O)N3)n2nc(C(F)(F)F)nc12. The number of anilines is 1. The Bertz CT molecular complexity index is 1100. The second kappa shape index (κ2) is 6.28. The van der Waals surface area contributed by atoms with Crippen molar-refractivity contribution in [2.45, 2.75) is 32.2 Å². The van der Waals surface area contributed by atoms with Crippen molar-refractivity contribution in [3.63, 3.8) is 0 Å².